The van der Waals surface area contributed by atoms with Crippen LogP contribution in [-0.4, -0.2) is 11.7 Å². The molecule has 0 heterocycles. The van der Waals surface area contributed by atoms with Crippen molar-refractivity contribution in [3.8, 4) is 0 Å². The van der Waals surface area contributed by atoms with Gasteiger partial charge in [-0.2, -0.15) is 0 Å². The van der Waals surface area contributed by atoms with Crippen molar-refractivity contribution < 1.29 is 9.50 Å². The summed E-state index contributed by atoms with van der Waals surface area (Å²) in [6.45, 7) is 1.46. The smallest absolute Gasteiger partial charge is 0.136 e. The summed E-state index contributed by atoms with van der Waals surface area (Å²) in [4.78, 5) is 0. The van der Waals surface area contributed by atoms with E-state index >= 15 is 0 Å². The monoisotopic (exact) mass is 295 g/mol. The van der Waals surface area contributed by atoms with Gasteiger partial charge < -0.3 is 10.8 Å². The molecular weight excluding hydrogens is 284 g/mol. The Kier molecular flexibility index (Phi) is 3.26. The molecule has 4 heteroatoms. The van der Waals surface area contributed by atoms with Crippen LogP contribution in [0.15, 0.2) is 18.2 Å². The first-order valence-corrected chi connectivity index (χ1v) is 4.90. The molecule has 72 valence electrons. The van der Waals surface area contributed by atoms with Crippen LogP contribution >= 0.6 is 22.6 Å². The van der Waals surface area contributed by atoms with E-state index in [1.165, 1.54) is 6.07 Å². The van der Waals surface area contributed by atoms with Crippen LogP contribution in [0.25, 0.3) is 0 Å². The normalized spacial score (nSPS) is 15.5. The highest BCUT2D eigenvalue weighted by Crippen LogP contribution is 2.20. The van der Waals surface area contributed by atoms with Gasteiger partial charge in [0.1, 0.15) is 5.82 Å². The Labute approximate surface area is 90.1 Å². The molecular formula is C9H11FINO. The summed E-state index contributed by atoms with van der Waals surface area (Å²) in [6.07, 6.45) is 0. The van der Waals surface area contributed by atoms with Gasteiger partial charge in [-0.3, -0.25) is 0 Å². The van der Waals surface area contributed by atoms with Crippen LogP contribution in [0.5, 0.6) is 0 Å². The van der Waals surface area contributed by atoms with Gasteiger partial charge in [-0.25, -0.2) is 4.39 Å². The van der Waals surface area contributed by atoms with Crippen LogP contribution in [-0.2, 0) is 5.54 Å². The van der Waals surface area contributed by atoms with Crippen molar-refractivity contribution in [2.45, 2.75) is 12.5 Å². The van der Waals surface area contributed by atoms with Crippen LogP contribution < -0.4 is 5.73 Å². The van der Waals surface area contributed by atoms with Gasteiger partial charge in [-0.1, -0.05) is 6.07 Å². The molecule has 0 saturated heterocycles. The second kappa shape index (κ2) is 3.89. The molecule has 3 N–H and O–H groups in total. The fourth-order valence-corrected chi connectivity index (χ4v) is 1.28. The fraction of sp³-hybridized carbons (Fsp3) is 0.333. The number of hydrogen-bond donors (Lipinski definition) is 2. The maximum Gasteiger partial charge on any atom is 0.136 e. The lowest BCUT2D eigenvalue weighted by molar-refractivity contribution is 0.209. The Bertz CT molecular complexity index is 314. The minimum Gasteiger partial charge on any atom is -0.394 e. The van der Waals surface area contributed by atoms with Crippen molar-refractivity contribution in [2.75, 3.05) is 6.61 Å². The molecule has 0 fully saturated rings. The summed E-state index contributed by atoms with van der Waals surface area (Å²) in [5, 5.41) is 8.96. The third-order valence-electron chi connectivity index (χ3n) is 1.91. The van der Waals surface area contributed by atoms with Crippen LogP contribution in [0.1, 0.15) is 12.5 Å². The number of rotatable bonds is 2. The Morgan fingerprint density at radius 3 is 2.69 bits per heavy atom. The SMILES string of the molecule is C[C@@](N)(CO)c1ccc(I)c(F)c1. The second-order valence-corrected chi connectivity index (χ2v) is 4.37. The minimum absolute atomic E-state index is 0.201. The molecule has 0 saturated carbocycles. The average molecular weight is 295 g/mol. The van der Waals surface area contributed by atoms with Crippen LogP contribution in [0, 0.1) is 9.39 Å². The fourth-order valence-electron chi connectivity index (χ4n) is 0.943. The summed E-state index contributed by atoms with van der Waals surface area (Å²) in [5.41, 5.74) is 5.47. The first kappa shape index (κ1) is 10.9. The van der Waals surface area contributed by atoms with Crippen molar-refractivity contribution >= 4 is 22.6 Å². The first-order chi connectivity index (χ1) is 5.97. The maximum atomic E-state index is 13.1. The summed E-state index contributed by atoms with van der Waals surface area (Å²) in [6, 6.07) is 4.73. The minimum atomic E-state index is -0.870. The molecule has 0 aliphatic carbocycles. The van der Waals surface area contributed by atoms with E-state index in [-0.39, 0.29) is 12.4 Å². The largest absolute Gasteiger partial charge is 0.394 e. The summed E-state index contributed by atoms with van der Waals surface area (Å²) in [5.74, 6) is -0.303. The molecule has 0 spiro atoms. The number of hydrogen-bond acceptors (Lipinski definition) is 2. The zero-order valence-corrected chi connectivity index (χ0v) is 9.38. The van der Waals surface area contributed by atoms with Gasteiger partial charge in [0.05, 0.1) is 12.1 Å². The average Bonchev–Trinajstić information content (AvgIpc) is 2.09. The predicted octanol–water partition coefficient (Wildman–Crippen LogP) is 1.60. The molecule has 0 aliphatic heterocycles. The van der Waals surface area contributed by atoms with Gasteiger partial charge in [0, 0.05) is 3.57 Å². The van der Waals surface area contributed by atoms with E-state index in [4.69, 9.17) is 10.8 Å². The Balaban J connectivity index is 3.10. The number of aliphatic hydroxyl groups excluding tert-OH is 1. The molecule has 1 aromatic carbocycles. The van der Waals surface area contributed by atoms with Crippen LogP contribution in [0.4, 0.5) is 4.39 Å². The van der Waals surface area contributed by atoms with Crippen molar-refractivity contribution in [3.05, 3.63) is 33.1 Å². The highest BCUT2D eigenvalue weighted by atomic mass is 127. The molecule has 2 nitrogen and oxygen atoms in total. The Morgan fingerprint density at radius 2 is 2.23 bits per heavy atom. The molecule has 0 unspecified atom stereocenters. The zero-order chi connectivity index (χ0) is 10.1. The lowest BCUT2D eigenvalue weighted by atomic mass is 9.94. The second-order valence-electron chi connectivity index (χ2n) is 3.20. The van der Waals surface area contributed by atoms with Crippen LogP contribution in [0.3, 0.4) is 0 Å². The third kappa shape index (κ3) is 2.38. The van der Waals surface area contributed by atoms with Gasteiger partial charge in [0.15, 0.2) is 0 Å². The molecule has 0 aliphatic rings. The summed E-state index contributed by atoms with van der Waals surface area (Å²) >= 11 is 1.90. The number of aliphatic hydroxyl groups is 1. The van der Waals surface area contributed by atoms with E-state index in [1.807, 2.05) is 22.6 Å². The highest BCUT2D eigenvalue weighted by Gasteiger charge is 2.20. The maximum absolute atomic E-state index is 13.1. The summed E-state index contributed by atoms with van der Waals surface area (Å²) in [7, 11) is 0. The molecule has 1 atom stereocenters. The van der Waals surface area contributed by atoms with Gasteiger partial charge in [0.2, 0.25) is 0 Å². The molecule has 0 amide bonds. The first-order valence-electron chi connectivity index (χ1n) is 3.82. The lowest BCUT2D eigenvalue weighted by Crippen LogP contribution is -2.37. The number of nitrogens with two attached hydrogens (primary N) is 1. The van der Waals surface area contributed by atoms with E-state index in [0.717, 1.165) is 0 Å². The zero-order valence-electron chi connectivity index (χ0n) is 7.22. The number of halogens is 2. The van der Waals surface area contributed by atoms with E-state index in [1.54, 1.807) is 19.1 Å². The molecule has 1 rings (SSSR count). The molecule has 0 radical (unpaired) electrons. The van der Waals surface area contributed by atoms with Crippen LogP contribution in [0.2, 0.25) is 0 Å². The molecule has 13 heavy (non-hydrogen) atoms. The molecule has 0 aromatic heterocycles. The quantitative estimate of drug-likeness (QED) is 0.814. The standard InChI is InChI=1S/C9H11FINO/c1-9(12,5-13)6-2-3-8(11)7(10)4-6/h2-4,13H,5,12H2,1H3/t9-/m1/s1. The van der Waals surface area contributed by atoms with Gasteiger partial charge >= 0.3 is 0 Å². The molecule has 0 bridgehead atoms. The topological polar surface area (TPSA) is 46.2 Å². The third-order valence-corrected chi connectivity index (χ3v) is 2.78. The molecule has 1 aromatic rings. The van der Waals surface area contributed by atoms with E-state index < -0.39 is 5.54 Å². The van der Waals surface area contributed by atoms with E-state index in [0.29, 0.717) is 9.13 Å². The lowest BCUT2D eigenvalue weighted by Gasteiger charge is -2.22. The van der Waals surface area contributed by atoms with Gasteiger partial charge in [-0.15, -0.1) is 0 Å². The Morgan fingerprint density at radius 1 is 1.62 bits per heavy atom. The summed E-state index contributed by atoms with van der Waals surface area (Å²) < 4.78 is 13.7. The predicted molar refractivity (Wildman–Crippen MR) is 57.7 cm³/mol. The number of benzene rings is 1. The highest BCUT2D eigenvalue weighted by molar-refractivity contribution is 14.1. The van der Waals surface area contributed by atoms with Gasteiger partial charge in [-0.05, 0) is 47.2 Å². The van der Waals surface area contributed by atoms with Gasteiger partial charge in [0.25, 0.3) is 0 Å². The Hall–Kier alpha value is -0.200. The van der Waals surface area contributed by atoms with Crippen molar-refractivity contribution in [1.29, 1.82) is 0 Å². The van der Waals surface area contributed by atoms with E-state index in [9.17, 15) is 4.39 Å². The van der Waals surface area contributed by atoms with Crippen molar-refractivity contribution in [2.24, 2.45) is 5.73 Å². The van der Waals surface area contributed by atoms with Crippen molar-refractivity contribution in [1.82, 2.24) is 0 Å². The van der Waals surface area contributed by atoms with E-state index in [2.05, 4.69) is 0 Å². The van der Waals surface area contributed by atoms with Crippen molar-refractivity contribution in [3.63, 3.8) is 0 Å².